The predicted molar refractivity (Wildman–Crippen MR) is 58.2 cm³/mol. The summed E-state index contributed by atoms with van der Waals surface area (Å²) in [6.07, 6.45) is 0. The molecule has 0 bridgehead atoms. The molecule has 16 heavy (non-hydrogen) atoms. The Hall–Kier alpha value is -2.13. The summed E-state index contributed by atoms with van der Waals surface area (Å²) in [5.74, 6) is -0.438. The number of benzene rings is 1. The van der Waals surface area contributed by atoms with Gasteiger partial charge in [-0.2, -0.15) is 4.79 Å². The van der Waals surface area contributed by atoms with Crippen molar-refractivity contribution in [2.24, 2.45) is 0 Å². The Labute approximate surface area is 92.7 Å². The molecule has 0 radical (unpaired) electrons. The standard InChI is InChI=1S/C11H11N3O2/c1-2-16-11(15)10-9(14-12)7-5-3-4-6-8(7)13-10/h3-6,10,13H,2H2,1H3. The van der Waals surface area contributed by atoms with Crippen molar-refractivity contribution >= 4 is 17.4 Å². The number of nitrogens with zero attached hydrogens (tertiary/aromatic N) is 2. The Morgan fingerprint density at radius 2 is 2.31 bits per heavy atom. The van der Waals surface area contributed by atoms with Crippen LogP contribution >= 0.6 is 0 Å². The van der Waals surface area contributed by atoms with E-state index in [1.54, 1.807) is 13.0 Å². The summed E-state index contributed by atoms with van der Waals surface area (Å²) in [6.45, 7) is 2.03. The zero-order valence-electron chi connectivity index (χ0n) is 8.80. The van der Waals surface area contributed by atoms with E-state index in [1.165, 1.54) is 0 Å². The number of hydrogen-bond donors (Lipinski definition) is 1. The first-order valence-corrected chi connectivity index (χ1v) is 5.02. The van der Waals surface area contributed by atoms with E-state index in [9.17, 15) is 4.79 Å². The minimum Gasteiger partial charge on any atom is -0.464 e. The molecule has 5 nitrogen and oxygen atoms in total. The van der Waals surface area contributed by atoms with Crippen LogP contribution in [0.1, 0.15) is 12.5 Å². The summed E-state index contributed by atoms with van der Waals surface area (Å²) in [6, 6.07) is 6.55. The Bertz CT molecular complexity index is 478. The monoisotopic (exact) mass is 217 g/mol. The molecule has 0 aliphatic carbocycles. The van der Waals surface area contributed by atoms with E-state index in [1.807, 2.05) is 18.2 Å². The molecule has 1 heterocycles. The number of hydrogen-bond acceptors (Lipinski definition) is 3. The van der Waals surface area contributed by atoms with Gasteiger partial charge < -0.3 is 15.6 Å². The Balaban J connectivity index is 2.35. The van der Waals surface area contributed by atoms with E-state index >= 15 is 0 Å². The van der Waals surface area contributed by atoms with Crippen LogP contribution in [0.2, 0.25) is 0 Å². The summed E-state index contributed by atoms with van der Waals surface area (Å²) < 4.78 is 4.90. The maximum Gasteiger partial charge on any atom is 0.341 e. The zero-order valence-corrected chi connectivity index (χ0v) is 8.80. The molecular formula is C11H11N3O2. The van der Waals surface area contributed by atoms with Crippen molar-refractivity contribution in [3.63, 3.8) is 0 Å². The lowest BCUT2D eigenvalue weighted by atomic mass is 10.1. The van der Waals surface area contributed by atoms with Crippen molar-refractivity contribution in [2.45, 2.75) is 13.0 Å². The largest absolute Gasteiger partial charge is 0.464 e. The second-order valence-corrected chi connectivity index (χ2v) is 3.36. The number of esters is 1. The molecule has 1 aromatic carbocycles. The summed E-state index contributed by atoms with van der Waals surface area (Å²) >= 11 is 0. The van der Waals surface area contributed by atoms with Crippen LogP contribution in [-0.4, -0.2) is 29.1 Å². The molecule has 2 rings (SSSR count). The Morgan fingerprint density at radius 1 is 1.56 bits per heavy atom. The van der Waals surface area contributed by atoms with Crippen LogP contribution in [0.4, 0.5) is 5.69 Å². The average molecular weight is 217 g/mol. The molecule has 5 heteroatoms. The summed E-state index contributed by atoms with van der Waals surface area (Å²) in [5, 5.41) is 2.95. The lowest BCUT2D eigenvalue weighted by molar-refractivity contribution is -0.143. The van der Waals surface area contributed by atoms with Crippen LogP contribution in [0.3, 0.4) is 0 Å². The zero-order chi connectivity index (χ0) is 11.5. The number of carbonyl (C=O) groups excluding carboxylic acids is 1. The van der Waals surface area contributed by atoms with Crippen LogP contribution < -0.4 is 5.32 Å². The van der Waals surface area contributed by atoms with Gasteiger partial charge in [0.25, 0.3) is 0 Å². The van der Waals surface area contributed by atoms with Crippen LogP contribution in [0, 0.1) is 0 Å². The number of rotatable bonds is 2. The van der Waals surface area contributed by atoms with Gasteiger partial charge in [-0.25, -0.2) is 4.79 Å². The first kappa shape index (κ1) is 10.4. The Morgan fingerprint density at radius 3 is 3.00 bits per heavy atom. The van der Waals surface area contributed by atoms with Gasteiger partial charge in [-0.05, 0) is 19.1 Å². The van der Waals surface area contributed by atoms with Crippen molar-refractivity contribution in [2.75, 3.05) is 11.9 Å². The number of carbonyl (C=O) groups is 1. The van der Waals surface area contributed by atoms with Crippen molar-refractivity contribution in [3.05, 3.63) is 35.4 Å². The van der Waals surface area contributed by atoms with E-state index in [0.29, 0.717) is 12.3 Å². The van der Waals surface area contributed by atoms with Crippen LogP contribution in [0.5, 0.6) is 0 Å². The van der Waals surface area contributed by atoms with Gasteiger partial charge in [-0.3, -0.25) is 0 Å². The van der Waals surface area contributed by atoms with Gasteiger partial charge in [0, 0.05) is 0 Å². The number of para-hydroxylation sites is 1. The molecule has 0 amide bonds. The maximum atomic E-state index is 11.6. The molecule has 1 aliphatic rings. The topological polar surface area (TPSA) is 74.7 Å². The van der Waals surface area contributed by atoms with Crippen molar-refractivity contribution < 1.29 is 14.3 Å². The van der Waals surface area contributed by atoms with Gasteiger partial charge in [0.2, 0.25) is 6.04 Å². The second kappa shape index (κ2) is 4.16. The minimum absolute atomic E-state index is 0.298. The smallest absolute Gasteiger partial charge is 0.341 e. The fourth-order valence-electron chi connectivity index (χ4n) is 1.72. The first-order valence-electron chi connectivity index (χ1n) is 5.02. The van der Waals surface area contributed by atoms with Crippen molar-refractivity contribution in [1.29, 1.82) is 0 Å². The highest BCUT2D eigenvalue weighted by molar-refractivity contribution is 6.20. The highest BCUT2D eigenvalue weighted by atomic mass is 16.5. The molecule has 0 saturated carbocycles. The van der Waals surface area contributed by atoms with Gasteiger partial charge in [0.05, 0.1) is 17.9 Å². The summed E-state index contributed by atoms with van der Waals surface area (Å²) in [7, 11) is 0. The molecule has 1 atom stereocenters. The third-order valence-electron chi connectivity index (χ3n) is 2.41. The van der Waals surface area contributed by atoms with E-state index in [0.717, 1.165) is 11.3 Å². The fraction of sp³-hybridized carbons (Fsp3) is 0.273. The molecule has 1 N–H and O–H groups in total. The molecule has 1 aliphatic heterocycles. The van der Waals surface area contributed by atoms with E-state index in [2.05, 4.69) is 10.1 Å². The molecule has 0 saturated heterocycles. The molecule has 1 aromatic rings. The third kappa shape index (κ3) is 1.57. The normalized spacial score (nSPS) is 17.3. The van der Waals surface area contributed by atoms with Crippen LogP contribution in [0.15, 0.2) is 24.3 Å². The Kier molecular flexibility index (Phi) is 2.70. The summed E-state index contributed by atoms with van der Waals surface area (Å²) in [4.78, 5) is 14.8. The van der Waals surface area contributed by atoms with Crippen LogP contribution in [-0.2, 0) is 9.53 Å². The molecule has 0 aromatic heterocycles. The number of nitrogens with one attached hydrogen (secondary N) is 1. The van der Waals surface area contributed by atoms with Crippen LogP contribution in [0.25, 0.3) is 5.53 Å². The number of ether oxygens (including phenoxy) is 1. The first-order chi connectivity index (χ1) is 7.77. The number of fused-ring (bicyclic) bond motifs is 1. The quantitative estimate of drug-likeness (QED) is 0.457. The highest BCUT2D eigenvalue weighted by Crippen LogP contribution is 2.25. The van der Waals surface area contributed by atoms with Gasteiger partial charge in [-0.15, -0.1) is 0 Å². The average Bonchev–Trinajstić information content (AvgIpc) is 2.67. The third-order valence-corrected chi connectivity index (χ3v) is 2.41. The van der Waals surface area contributed by atoms with E-state index in [-0.39, 0.29) is 0 Å². The van der Waals surface area contributed by atoms with Crippen molar-refractivity contribution in [1.82, 2.24) is 0 Å². The molecule has 1 unspecified atom stereocenters. The fourth-order valence-corrected chi connectivity index (χ4v) is 1.72. The lowest BCUT2D eigenvalue weighted by Crippen LogP contribution is -2.34. The molecule has 82 valence electrons. The van der Waals surface area contributed by atoms with E-state index in [4.69, 9.17) is 10.3 Å². The number of anilines is 1. The van der Waals surface area contributed by atoms with Gasteiger partial charge >= 0.3 is 11.7 Å². The lowest BCUT2D eigenvalue weighted by Gasteiger charge is -2.06. The van der Waals surface area contributed by atoms with Gasteiger partial charge in [-0.1, -0.05) is 12.1 Å². The second-order valence-electron chi connectivity index (χ2n) is 3.36. The predicted octanol–water partition coefficient (Wildman–Crippen LogP) is 1.06. The van der Waals surface area contributed by atoms with Gasteiger partial charge in [0.1, 0.15) is 0 Å². The molecular weight excluding hydrogens is 206 g/mol. The van der Waals surface area contributed by atoms with E-state index < -0.39 is 12.0 Å². The van der Waals surface area contributed by atoms with Gasteiger partial charge in [0.15, 0.2) is 0 Å². The SMILES string of the molecule is CCOC(=O)C1Nc2ccccc2C1=[N+]=[N-]. The highest BCUT2D eigenvalue weighted by Gasteiger charge is 2.40. The molecule has 0 fully saturated rings. The van der Waals surface area contributed by atoms with Crippen molar-refractivity contribution in [3.8, 4) is 0 Å². The minimum atomic E-state index is -0.720. The maximum absolute atomic E-state index is 11.6. The molecule has 0 spiro atoms. The summed E-state index contributed by atoms with van der Waals surface area (Å²) in [5.41, 5.74) is 10.7.